The SMILES string of the molecule is CCCNc1nncc(N(C)Cc2ccccc2)n1. The zero-order valence-corrected chi connectivity index (χ0v) is 11.4. The molecule has 0 amide bonds. The van der Waals surface area contributed by atoms with Crippen LogP contribution >= 0.6 is 0 Å². The van der Waals surface area contributed by atoms with Gasteiger partial charge in [0, 0.05) is 20.1 Å². The molecular weight excluding hydrogens is 238 g/mol. The molecule has 0 unspecified atom stereocenters. The summed E-state index contributed by atoms with van der Waals surface area (Å²) in [5.74, 6) is 1.40. The van der Waals surface area contributed by atoms with Crippen LogP contribution in [0.15, 0.2) is 36.5 Å². The minimum atomic E-state index is 0.583. The summed E-state index contributed by atoms with van der Waals surface area (Å²) in [7, 11) is 2.00. The van der Waals surface area contributed by atoms with Gasteiger partial charge < -0.3 is 10.2 Å². The molecular formula is C14H19N5. The van der Waals surface area contributed by atoms with Gasteiger partial charge in [0.2, 0.25) is 5.95 Å². The topological polar surface area (TPSA) is 53.9 Å². The van der Waals surface area contributed by atoms with Gasteiger partial charge in [-0.25, -0.2) is 0 Å². The first-order valence-electron chi connectivity index (χ1n) is 6.48. The summed E-state index contributed by atoms with van der Waals surface area (Å²) >= 11 is 0. The van der Waals surface area contributed by atoms with Gasteiger partial charge in [0.05, 0.1) is 6.20 Å². The average molecular weight is 257 g/mol. The highest BCUT2D eigenvalue weighted by Gasteiger charge is 2.05. The fourth-order valence-corrected chi connectivity index (χ4v) is 1.73. The van der Waals surface area contributed by atoms with E-state index in [1.54, 1.807) is 6.20 Å². The first-order valence-corrected chi connectivity index (χ1v) is 6.48. The lowest BCUT2D eigenvalue weighted by Crippen LogP contribution is -2.19. The second-order valence-electron chi connectivity index (χ2n) is 4.41. The van der Waals surface area contributed by atoms with Crippen molar-refractivity contribution in [1.82, 2.24) is 15.2 Å². The molecule has 5 heteroatoms. The summed E-state index contributed by atoms with van der Waals surface area (Å²) < 4.78 is 0. The Balaban J connectivity index is 2.04. The largest absolute Gasteiger partial charge is 0.354 e. The van der Waals surface area contributed by atoms with Gasteiger partial charge in [-0.1, -0.05) is 37.3 Å². The van der Waals surface area contributed by atoms with Crippen LogP contribution in [0.1, 0.15) is 18.9 Å². The molecule has 0 saturated carbocycles. The molecule has 1 aromatic carbocycles. The predicted octanol–water partition coefficient (Wildman–Crippen LogP) is 2.33. The van der Waals surface area contributed by atoms with Gasteiger partial charge in [0.15, 0.2) is 5.82 Å². The fourth-order valence-electron chi connectivity index (χ4n) is 1.73. The highest BCUT2D eigenvalue weighted by molar-refractivity contribution is 5.40. The van der Waals surface area contributed by atoms with Gasteiger partial charge in [-0.15, -0.1) is 5.10 Å². The van der Waals surface area contributed by atoms with Crippen molar-refractivity contribution in [3.8, 4) is 0 Å². The third-order valence-electron chi connectivity index (χ3n) is 2.73. The molecule has 5 nitrogen and oxygen atoms in total. The highest BCUT2D eigenvalue weighted by atomic mass is 15.3. The molecule has 1 aromatic heterocycles. The van der Waals surface area contributed by atoms with Gasteiger partial charge in [-0.05, 0) is 12.0 Å². The van der Waals surface area contributed by atoms with Crippen molar-refractivity contribution < 1.29 is 0 Å². The van der Waals surface area contributed by atoms with Crippen LogP contribution in [0.4, 0.5) is 11.8 Å². The molecule has 0 atom stereocenters. The van der Waals surface area contributed by atoms with Crippen molar-refractivity contribution >= 4 is 11.8 Å². The molecule has 0 aliphatic heterocycles. The van der Waals surface area contributed by atoms with E-state index in [-0.39, 0.29) is 0 Å². The Hall–Kier alpha value is -2.17. The summed E-state index contributed by atoms with van der Waals surface area (Å²) in [5.41, 5.74) is 1.24. The smallest absolute Gasteiger partial charge is 0.244 e. The number of nitrogens with one attached hydrogen (secondary N) is 1. The van der Waals surface area contributed by atoms with Crippen LogP contribution in [0.5, 0.6) is 0 Å². The third-order valence-corrected chi connectivity index (χ3v) is 2.73. The van der Waals surface area contributed by atoms with E-state index < -0.39 is 0 Å². The van der Waals surface area contributed by atoms with Crippen LogP contribution in [0.3, 0.4) is 0 Å². The zero-order chi connectivity index (χ0) is 13.5. The quantitative estimate of drug-likeness (QED) is 0.860. The van der Waals surface area contributed by atoms with Gasteiger partial charge in [-0.2, -0.15) is 10.1 Å². The Morgan fingerprint density at radius 3 is 2.74 bits per heavy atom. The molecule has 1 heterocycles. The maximum Gasteiger partial charge on any atom is 0.244 e. The normalized spacial score (nSPS) is 10.2. The van der Waals surface area contributed by atoms with E-state index >= 15 is 0 Å². The monoisotopic (exact) mass is 257 g/mol. The van der Waals surface area contributed by atoms with Crippen LogP contribution in [-0.2, 0) is 6.54 Å². The minimum absolute atomic E-state index is 0.583. The Kier molecular flexibility index (Phi) is 4.66. The van der Waals surface area contributed by atoms with E-state index in [0.29, 0.717) is 5.95 Å². The van der Waals surface area contributed by atoms with Crippen molar-refractivity contribution in [2.24, 2.45) is 0 Å². The summed E-state index contributed by atoms with van der Waals surface area (Å²) in [6, 6.07) is 10.3. The van der Waals surface area contributed by atoms with Crippen molar-refractivity contribution in [1.29, 1.82) is 0 Å². The lowest BCUT2D eigenvalue weighted by Gasteiger charge is -2.18. The third kappa shape index (κ3) is 3.91. The zero-order valence-electron chi connectivity index (χ0n) is 11.4. The second-order valence-corrected chi connectivity index (χ2v) is 4.41. The Labute approximate surface area is 113 Å². The molecule has 0 aliphatic carbocycles. The number of rotatable bonds is 6. The number of benzene rings is 1. The summed E-state index contributed by atoms with van der Waals surface area (Å²) in [6.07, 6.45) is 2.72. The van der Waals surface area contributed by atoms with E-state index in [1.807, 2.05) is 25.2 Å². The second kappa shape index (κ2) is 6.68. The van der Waals surface area contributed by atoms with Crippen LogP contribution in [0, 0.1) is 0 Å². The van der Waals surface area contributed by atoms with E-state index in [4.69, 9.17) is 0 Å². The number of hydrogen-bond donors (Lipinski definition) is 1. The Morgan fingerprint density at radius 2 is 2.00 bits per heavy atom. The predicted molar refractivity (Wildman–Crippen MR) is 77.2 cm³/mol. The van der Waals surface area contributed by atoms with Crippen molar-refractivity contribution in [3.05, 3.63) is 42.1 Å². The Bertz CT molecular complexity index is 500. The number of anilines is 2. The fraction of sp³-hybridized carbons (Fsp3) is 0.357. The standard InChI is InChI=1S/C14H19N5/c1-3-9-15-14-17-13(10-16-18-14)19(2)11-12-7-5-4-6-8-12/h4-8,10H,3,9,11H2,1-2H3,(H,15,17,18). The summed E-state index contributed by atoms with van der Waals surface area (Å²) in [5, 5.41) is 11.1. The maximum atomic E-state index is 4.45. The Morgan fingerprint density at radius 1 is 1.21 bits per heavy atom. The van der Waals surface area contributed by atoms with Crippen molar-refractivity contribution in [2.45, 2.75) is 19.9 Å². The minimum Gasteiger partial charge on any atom is -0.354 e. The highest BCUT2D eigenvalue weighted by Crippen LogP contribution is 2.12. The number of aromatic nitrogens is 3. The van der Waals surface area contributed by atoms with Crippen LogP contribution < -0.4 is 10.2 Å². The maximum absolute atomic E-state index is 4.45. The molecule has 100 valence electrons. The van der Waals surface area contributed by atoms with Crippen LogP contribution in [-0.4, -0.2) is 28.8 Å². The number of nitrogens with zero attached hydrogens (tertiary/aromatic N) is 4. The lowest BCUT2D eigenvalue weighted by atomic mass is 10.2. The first-order chi connectivity index (χ1) is 9.29. The molecule has 2 aromatic rings. The molecule has 2 rings (SSSR count). The van der Waals surface area contributed by atoms with E-state index in [0.717, 1.165) is 25.3 Å². The summed E-state index contributed by atoms with van der Waals surface area (Å²) in [4.78, 5) is 6.50. The number of hydrogen-bond acceptors (Lipinski definition) is 5. The van der Waals surface area contributed by atoms with Crippen LogP contribution in [0.2, 0.25) is 0 Å². The molecule has 0 fully saturated rings. The van der Waals surface area contributed by atoms with Crippen molar-refractivity contribution in [2.75, 3.05) is 23.8 Å². The van der Waals surface area contributed by atoms with E-state index in [9.17, 15) is 0 Å². The van der Waals surface area contributed by atoms with Gasteiger partial charge in [-0.3, -0.25) is 0 Å². The molecule has 0 saturated heterocycles. The van der Waals surface area contributed by atoms with Gasteiger partial charge >= 0.3 is 0 Å². The van der Waals surface area contributed by atoms with Gasteiger partial charge in [0.25, 0.3) is 0 Å². The van der Waals surface area contributed by atoms with Crippen LogP contribution in [0.25, 0.3) is 0 Å². The van der Waals surface area contributed by atoms with E-state index in [2.05, 4.69) is 44.5 Å². The molecule has 0 bridgehead atoms. The average Bonchev–Trinajstić information content (AvgIpc) is 2.46. The molecule has 0 aliphatic rings. The van der Waals surface area contributed by atoms with Gasteiger partial charge in [0.1, 0.15) is 0 Å². The van der Waals surface area contributed by atoms with E-state index in [1.165, 1.54) is 5.56 Å². The molecule has 19 heavy (non-hydrogen) atoms. The molecule has 0 radical (unpaired) electrons. The molecule has 1 N–H and O–H groups in total. The lowest BCUT2D eigenvalue weighted by molar-refractivity contribution is 0.853. The molecule has 0 spiro atoms. The first kappa shape index (κ1) is 13.3. The summed E-state index contributed by atoms with van der Waals surface area (Å²) in [6.45, 7) is 3.76. The van der Waals surface area contributed by atoms with Crippen molar-refractivity contribution in [3.63, 3.8) is 0 Å².